The molecule has 0 N–H and O–H groups in total. The van der Waals surface area contributed by atoms with Crippen molar-refractivity contribution in [2.75, 3.05) is 26.2 Å². The average Bonchev–Trinajstić information content (AvgIpc) is 3.10. The van der Waals surface area contributed by atoms with E-state index in [-0.39, 0.29) is 24.2 Å². The molecule has 2 aromatic rings. The summed E-state index contributed by atoms with van der Waals surface area (Å²) in [5.41, 5.74) is -1.02. The number of piperazine rings is 1. The summed E-state index contributed by atoms with van der Waals surface area (Å²) in [5, 5.41) is 11.5. The molecule has 0 spiro atoms. The minimum absolute atomic E-state index is 0.0999. The van der Waals surface area contributed by atoms with E-state index in [0.29, 0.717) is 32.0 Å². The first-order valence-corrected chi connectivity index (χ1v) is 10.1. The van der Waals surface area contributed by atoms with Crippen LogP contribution in [-0.2, 0) is 22.3 Å². The van der Waals surface area contributed by atoms with Gasteiger partial charge in [0, 0.05) is 25.7 Å². The Balaban J connectivity index is 1.64. The number of hydrogen-bond acceptors (Lipinski definition) is 7. The zero-order chi connectivity index (χ0) is 22.8. The number of ether oxygens (including phenoxy) is 1. The lowest BCUT2D eigenvalue weighted by atomic mass is 10.1. The molecule has 0 bridgehead atoms. The van der Waals surface area contributed by atoms with E-state index < -0.39 is 17.3 Å². The molecule has 2 heterocycles. The van der Waals surface area contributed by atoms with Gasteiger partial charge in [0.15, 0.2) is 5.82 Å². The molecule has 1 fully saturated rings. The van der Waals surface area contributed by atoms with Crippen molar-refractivity contribution >= 4 is 5.97 Å². The van der Waals surface area contributed by atoms with Gasteiger partial charge in [-0.3, -0.25) is 14.6 Å². The van der Waals surface area contributed by atoms with Crippen molar-refractivity contribution in [3.63, 3.8) is 0 Å². The highest BCUT2D eigenvalue weighted by Gasteiger charge is 2.31. The first-order valence-electron chi connectivity index (χ1n) is 10.1. The van der Waals surface area contributed by atoms with Gasteiger partial charge < -0.3 is 4.74 Å². The molecule has 1 aromatic heterocycles. The molecule has 1 saturated heterocycles. The zero-order valence-electron chi connectivity index (χ0n) is 18.1. The molecule has 0 amide bonds. The van der Waals surface area contributed by atoms with Crippen molar-refractivity contribution in [1.29, 1.82) is 0 Å². The second kappa shape index (κ2) is 8.91. The smallest absolute Gasteiger partial charge is 0.416 e. The summed E-state index contributed by atoms with van der Waals surface area (Å²) >= 11 is 0. The molecule has 31 heavy (non-hydrogen) atoms. The van der Waals surface area contributed by atoms with E-state index in [1.165, 1.54) is 16.8 Å². The first-order chi connectivity index (χ1) is 14.4. The van der Waals surface area contributed by atoms with Crippen LogP contribution in [0.25, 0.3) is 5.69 Å². The molecule has 1 aliphatic heterocycles. The van der Waals surface area contributed by atoms with Gasteiger partial charge in [0.1, 0.15) is 5.60 Å². The van der Waals surface area contributed by atoms with Crippen LogP contribution in [-0.4, -0.2) is 73.8 Å². The highest BCUT2D eigenvalue weighted by atomic mass is 19.4. The third-order valence-corrected chi connectivity index (χ3v) is 4.92. The number of hydrogen-bond donors (Lipinski definition) is 0. The Hall–Kier alpha value is -2.53. The SMILES string of the molecule is CC1CN(CC(=O)OC(C)(C)C)CCN1Cc1nnnn1-c1cccc(C(F)(F)F)c1. The number of benzene rings is 1. The number of carbonyl (C=O) groups is 1. The van der Waals surface area contributed by atoms with Gasteiger partial charge in [-0.05, 0) is 56.3 Å². The molecular formula is C20H27F3N6O2. The summed E-state index contributed by atoms with van der Waals surface area (Å²) < 4.78 is 45.8. The standard InChI is InChI=1S/C20H27F3N6O2/c1-14-11-27(13-18(30)31-19(2,3)4)8-9-28(14)12-17-24-25-26-29(17)16-7-5-6-15(10-16)20(21,22)23/h5-7,10,14H,8-9,11-13H2,1-4H3. The molecule has 8 nitrogen and oxygen atoms in total. The molecule has 1 aromatic carbocycles. The number of aromatic nitrogens is 4. The second-order valence-electron chi connectivity index (χ2n) is 8.70. The molecule has 3 rings (SSSR count). The van der Waals surface area contributed by atoms with E-state index in [0.717, 1.165) is 12.1 Å². The lowest BCUT2D eigenvalue weighted by Gasteiger charge is -2.39. The number of carbonyl (C=O) groups excluding carboxylic acids is 1. The Morgan fingerprint density at radius 2 is 1.97 bits per heavy atom. The van der Waals surface area contributed by atoms with Crippen LogP contribution in [0, 0.1) is 0 Å². The third kappa shape index (κ3) is 6.23. The normalized spacial score (nSPS) is 18.9. The predicted octanol–water partition coefficient (Wildman–Crippen LogP) is 2.53. The average molecular weight is 440 g/mol. The Kier molecular flexibility index (Phi) is 6.65. The topological polar surface area (TPSA) is 76.4 Å². The molecule has 1 aliphatic rings. The number of halogens is 3. The quantitative estimate of drug-likeness (QED) is 0.662. The third-order valence-electron chi connectivity index (χ3n) is 4.92. The summed E-state index contributed by atoms with van der Waals surface area (Å²) in [4.78, 5) is 16.3. The van der Waals surface area contributed by atoms with Crippen molar-refractivity contribution < 1.29 is 22.7 Å². The predicted molar refractivity (Wildman–Crippen MR) is 106 cm³/mol. The number of rotatable bonds is 5. The fourth-order valence-corrected chi connectivity index (χ4v) is 3.51. The van der Waals surface area contributed by atoms with Gasteiger partial charge >= 0.3 is 12.1 Å². The Bertz CT molecular complexity index is 909. The van der Waals surface area contributed by atoms with Crippen LogP contribution in [0.5, 0.6) is 0 Å². The van der Waals surface area contributed by atoms with Crippen molar-refractivity contribution in [3.05, 3.63) is 35.7 Å². The van der Waals surface area contributed by atoms with Crippen LogP contribution in [0.4, 0.5) is 13.2 Å². The molecular weight excluding hydrogens is 413 g/mol. The van der Waals surface area contributed by atoms with Crippen molar-refractivity contribution in [3.8, 4) is 5.69 Å². The lowest BCUT2D eigenvalue weighted by molar-refractivity contribution is -0.156. The summed E-state index contributed by atoms with van der Waals surface area (Å²) in [6.45, 7) is 10.1. The van der Waals surface area contributed by atoms with Gasteiger partial charge in [-0.2, -0.15) is 17.9 Å². The van der Waals surface area contributed by atoms with Crippen molar-refractivity contribution in [1.82, 2.24) is 30.0 Å². The van der Waals surface area contributed by atoms with Crippen LogP contribution in [0.2, 0.25) is 0 Å². The maximum atomic E-state index is 13.0. The summed E-state index contributed by atoms with van der Waals surface area (Å²) in [5.74, 6) is 0.188. The van der Waals surface area contributed by atoms with Gasteiger partial charge in [0.25, 0.3) is 0 Å². The Morgan fingerprint density at radius 1 is 1.23 bits per heavy atom. The van der Waals surface area contributed by atoms with Crippen LogP contribution in [0.1, 0.15) is 39.1 Å². The van der Waals surface area contributed by atoms with Gasteiger partial charge in [0.2, 0.25) is 0 Å². The molecule has 0 saturated carbocycles. The number of alkyl halides is 3. The lowest BCUT2D eigenvalue weighted by Crippen LogP contribution is -2.53. The van der Waals surface area contributed by atoms with E-state index >= 15 is 0 Å². The van der Waals surface area contributed by atoms with E-state index in [4.69, 9.17) is 4.74 Å². The van der Waals surface area contributed by atoms with Crippen LogP contribution in [0.15, 0.2) is 24.3 Å². The summed E-state index contributed by atoms with van der Waals surface area (Å²) in [6.07, 6.45) is -4.44. The molecule has 0 aliphatic carbocycles. The molecule has 1 unspecified atom stereocenters. The van der Waals surface area contributed by atoms with E-state index in [1.807, 2.05) is 32.6 Å². The zero-order valence-corrected chi connectivity index (χ0v) is 18.1. The van der Waals surface area contributed by atoms with E-state index in [2.05, 4.69) is 20.4 Å². The van der Waals surface area contributed by atoms with Crippen LogP contribution in [0.3, 0.4) is 0 Å². The van der Waals surface area contributed by atoms with Crippen molar-refractivity contribution in [2.24, 2.45) is 0 Å². The molecule has 1 atom stereocenters. The number of esters is 1. The minimum Gasteiger partial charge on any atom is -0.459 e. The highest BCUT2D eigenvalue weighted by Crippen LogP contribution is 2.30. The largest absolute Gasteiger partial charge is 0.459 e. The number of tetrazole rings is 1. The molecule has 170 valence electrons. The first kappa shape index (κ1) is 23.1. The Morgan fingerprint density at radius 3 is 2.61 bits per heavy atom. The maximum absolute atomic E-state index is 13.0. The van der Waals surface area contributed by atoms with Gasteiger partial charge in [-0.15, -0.1) is 5.10 Å². The van der Waals surface area contributed by atoms with Gasteiger partial charge in [0.05, 0.1) is 24.3 Å². The molecule has 11 heteroatoms. The van der Waals surface area contributed by atoms with E-state index in [1.54, 1.807) is 0 Å². The highest BCUT2D eigenvalue weighted by molar-refractivity contribution is 5.72. The monoisotopic (exact) mass is 440 g/mol. The second-order valence-corrected chi connectivity index (χ2v) is 8.70. The van der Waals surface area contributed by atoms with Gasteiger partial charge in [-0.1, -0.05) is 6.07 Å². The summed E-state index contributed by atoms with van der Waals surface area (Å²) in [6, 6.07) is 5.02. The van der Waals surface area contributed by atoms with Crippen molar-refractivity contribution in [2.45, 2.75) is 52.1 Å². The molecule has 0 radical (unpaired) electrons. The summed E-state index contributed by atoms with van der Waals surface area (Å²) in [7, 11) is 0. The number of nitrogens with zero attached hydrogens (tertiary/aromatic N) is 6. The minimum atomic E-state index is -4.44. The van der Waals surface area contributed by atoms with E-state index in [9.17, 15) is 18.0 Å². The van der Waals surface area contributed by atoms with Crippen LogP contribution >= 0.6 is 0 Å². The van der Waals surface area contributed by atoms with Gasteiger partial charge in [-0.25, -0.2) is 0 Å². The fourth-order valence-electron chi connectivity index (χ4n) is 3.51. The fraction of sp³-hybridized carbons (Fsp3) is 0.600. The Labute approximate surface area is 179 Å². The van der Waals surface area contributed by atoms with Crippen LogP contribution < -0.4 is 0 Å². The maximum Gasteiger partial charge on any atom is 0.416 e.